The van der Waals surface area contributed by atoms with Crippen molar-refractivity contribution in [3.8, 4) is 0 Å². The number of rotatable bonds is 6. The number of furan rings is 1. The fourth-order valence-electron chi connectivity index (χ4n) is 4.47. The number of fused-ring (bicyclic) bond motifs is 1. The lowest BCUT2D eigenvalue weighted by molar-refractivity contribution is 0.0500. The van der Waals surface area contributed by atoms with Crippen molar-refractivity contribution in [3.63, 3.8) is 0 Å². The maximum atomic E-state index is 12.9. The molecule has 1 unspecified atom stereocenters. The maximum absolute atomic E-state index is 12.9. The van der Waals surface area contributed by atoms with Crippen LogP contribution < -0.4 is 0 Å². The van der Waals surface area contributed by atoms with Crippen LogP contribution in [0.15, 0.2) is 47.0 Å². The third kappa shape index (κ3) is 3.89. The highest BCUT2D eigenvalue weighted by molar-refractivity contribution is 5.95. The first-order valence-electron chi connectivity index (χ1n) is 10.9. The highest BCUT2D eigenvalue weighted by atomic mass is 16.3. The SMILES string of the molecule is Cc1oc(C2CC2)cc1C(=O)N1CCN(CC(O)Cn2ccc3ccccc32)CC1. The predicted octanol–water partition coefficient (Wildman–Crippen LogP) is 3.24. The van der Waals surface area contributed by atoms with Gasteiger partial charge in [0.1, 0.15) is 11.5 Å². The Kier molecular flexibility index (Phi) is 5.13. The number of hydrogen-bond donors (Lipinski definition) is 1. The van der Waals surface area contributed by atoms with Gasteiger partial charge in [0.05, 0.1) is 11.7 Å². The van der Waals surface area contributed by atoms with Crippen molar-refractivity contribution in [2.24, 2.45) is 0 Å². The third-order valence-electron chi connectivity index (χ3n) is 6.36. The molecular weight excluding hydrogens is 378 g/mol. The molecule has 30 heavy (non-hydrogen) atoms. The summed E-state index contributed by atoms with van der Waals surface area (Å²) >= 11 is 0. The fourth-order valence-corrected chi connectivity index (χ4v) is 4.47. The maximum Gasteiger partial charge on any atom is 0.257 e. The number of aliphatic hydroxyl groups excluding tert-OH is 1. The van der Waals surface area contributed by atoms with Gasteiger partial charge >= 0.3 is 0 Å². The summed E-state index contributed by atoms with van der Waals surface area (Å²) in [4.78, 5) is 17.1. The molecule has 2 aromatic heterocycles. The van der Waals surface area contributed by atoms with E-state index >= 15 is 0 Å². The molecule has 158 valence electrons. The van der Waals surface area contributed by atoms with Gasteiger partial charge in [0.2, 0.25) is 0 Å². The monoisotopic (exact) mass is 407 g/mol. The van der Waals surface area contributed by atoms with Gasteiger partial charge in [-0.25, -0.2) is 0 Å². The Balaban J connectivity index is 1.14. The lowest BCUT2D eigenvalue weighted by Crippen LogP contribution is -2.50. The van der Waals surface area contributed by atoms with E-state index in [2.05, 4.69) is 27.7 Å². The normalized spacial score (nSPS) is 18.8. The molecule has 1 saturated heterocycles. The van der Waals surface area contributed by atoms with Gasteiger partial charge in [0.25, 0.3) is 5.91 Å². The van der Waals surface area contributed by atoms with Gasteiger partial charge in [-0.05, 0) is 43.4 Å². The molecule has 3 heterocycles. The molecule has 1 amide bonds. The van der Waals surface area contributed by atoms with E-state index in [9.17, 15) is 9.90 Å². The van der Waals surface area contributed by atoms with Gasteiger partial charge in [0.15, 0.2) is 0 Å². The van der Waals surface area contributed by atoms with Crippen LogP contribution in [0.1, 0.15) is 40.6 Å². The van der Waals surface area contributed by atoms with E-state index in [1.54, 1.807) is 0 Å². The first kappa shape index (κ1) is 19.4. The number of para-hydroxylation sites is 1. The Labute approximate surface area is 176 Å². The molecule has 0 bridgehead atoms. The number of carbonyl (C=O) groups excluding carboxylic acids is 1. The lowest BCUT2D eigenvalue weighted by atomic mass is 10.1. The molecule has 1 atom stereocenters. The van der Waals surface area contributed by atoms with Crippen molar-refractivity contribution in [1.82, 2.24) is 14.4 Å². The van der Waals surface area contributed by atoms with E-state index < -0.39 is 6.10 Å². The van der Waals surface area contributed by atoms with Crippen LogP contribution >= 0.6 is 0 Å². The van der Waals surface area contributed by atoms with Gasteiger partial charge in [-0.2, -0.15) is 0 Å². The minimum Gasteiger partial charge on any atom is -0.465 e. The number of hydrogen-bond acceptors (Lipinski definition) is 4. The number of benzene rings is 1. The number of nitrogens with zero attached hydrogens (tertiary/aromatic N) is 3. The Morgan fingerprint density at radius 2 is 1.90 bits per heavy atom. The second-order valence-corrected chi connectivity index (χ2v) is 8.67. The average Bonchev–Trinajstić information content (AvgIpc) is 3.42. The molecule has 1 N–H and O–H groups in total. The molecule has 1 aromatic carbocycles. The van der Waals surface area contributed by atoms with E-state index in [-0.39, 0.29) is 5.91 Å². The number of aromatic nitrogens is 1. The highest BCUT2D eigenvalue weighted by Crippen LogP contribution is 2.41. The van der Waals surface area contributed by atoms with Crippen LogP contribution in [-0.2, 0) is 6.54 Å². The second kappa shape index (κ2) is 7.93. The quantitative estimate of drug-likeness (QED) is 0.682. The molecule has 6 nitrogen and oxygen atoms in total. The topological polar surface area (TPSA) is 61.9 Å². The molecule has 3 aromatic rings. The minimum atomic E-state index is -0.444. The summed E-state index contributed by atoms with van der Waals surface area (Å²) in [5, 5.41) is 11.8. The van der Waals surface area contributed by atoms with E-state index in [0.29, 0.717) is 37.7 Å². The molecule has 0 radical (unpaired) electrons. The average molecular weight is 408 g/mol. The van der Waals surface area contributed by atoms with E-state index in [1.165, 1.54) is 18.2 Å². The van der Waals surface area contributed by atoms with Crippen LogP contribution in [-0.4, -0.2) is 64.2 Å². The summed E-state index contributed by atoms with van der Waals surface area (Å²) in [5.74, 6) is 2.29. The van der Waals surface area contributed by atoms with Crippen molar-refractivity contribution in [1.29, 1.82) is 0 Å². The summed E-state index contributed by atoms with van der Waals surface area (Å²) in [6, 6.07) is 12.3. The zero-order chi connectivity index (χ0) is 20.7. The number of amides is 1. The van der Waals surface area contributed by atoms with Gasteiger partial charge in [-0.3, -0.25) is 9.69 Å². The zero-order valence-electron chi connectivity index (χ0n) is 17.5. The Morgan fingerprint density at radius 3 is 2.67 bits per heavy atom. The predicted molar refractivity (Wildman–Crippen MR) is 116 cm³/mol. The van der Waals surface area contributed by atoms with Gasteiger partial charge in [0, 0.05) is 56.9 Å². The fraction of sp³-hybridized carbons (Fsp3) is 0.458. The van der Waals surface area contributed by atoms with Gasteiger partial charge in [-0.1, -0.05) is 18.2 Å². The van der Waals surface area contributed by atoms with Gasteiger partial charge < -0.3 is 19.0 Å². The van der Waals surface area contributed by atoms with E-state index in [4.69, 9.17) is 4.42 Å². The largest absolute Gasteiger partial charge is 0.465 e. The molecule has 5 rings (SSSR count). The van der Waals surface area contributed by atoms with Crippen LogP contribution in [0.2, 0.25) is 0 Å². The van der Waals surface area contributed by atoms with Crippen LogP contribution in [0, 0.1) is 6.92 Å². The van der Waals surface area contributed by atoms with Crippen molar-refractivity contribution in [2.45, 2.75) is 38.3 Å². The standard InChI is InChI=1S/C24H29N3O3/c1-17-21(14-23(30-17)19-6-7-19)24(29)26-12-10-25(11-13-26)15-20(28)16-27-9-8-18-4-2-3-5-22(18)27/h2-5,8-9,14,19-20,28H,6-7,10-13,15-16H2,1H3. The molecular formula is C24H29N3O3. The Bertz CT molecular complexity index is 1040. The summed E-state index contributed by atoms with van der Waals surface area (Å²) < 4.78 is 7.92. The van der Waals surface area contributed by atoms with Crippen molar-refractivity contribution >= 4 is 16.8 Å². The Morgan fingerprint density at radius 1 is 1.13 bits per heavy atom. The summed E-state index contributed by atoms with van der Waals surface area (Å²) in [5.41, 5.74) is 1.86. The third-order valence-corrected chi connectivity index (χ3v) is 6.36. The lowest BCUT2D eigenvalue weighted by Gasteiger charge is -2.35. The molecule has 1 saturated carbocycles. The molecule has 2 fully saturated rings. The van der Waals surface area contributed by atoms with Crippen LogP contribution in [0.4, 0.5) is 0 Å². The zero-order valence-corrected chi connectivity index (χ0v) is 17.5. The number of piperazine rings is 1. The van der Waals surface area contributed by atoms with Crippen LogP contribution in [0.3, 0.4) is 0 Å². The Hall–Kier alpha value is -2.57. The smallest absolute Gasteiger partial charge is 0.257 e. The van der Waals surface area contributed by atoms with E-state index in [0.717, 1.165) is 30.1 Å². The van der Waals surface area contributed by atoms with Crippen LogP contribution in [0.5, 0.6) is 0 Å². The minimum absolute atomic E-state index is 0.0714. The number of aryl methyl sites for hydroxylation is 1. The van der Waals surface area contributed by atoms with Crippen molar-refractivity contribution in [2.75, 3.05) is 32.7 Å². The number of carbonyl (C=O) groups is 1. The molecule has 1 aliphatic carbocycles. The van der Waals surface area contributed by atoms with Gasteiger partial charge in [-0.15, -0.1) is 0 Å². The molecule has 1 aliphatic heterocycles. The summed E-state index contributed by atoms with van der Waals surface area (Å²) in [6.07, 6.45) is 3.93. The highest BCUT2D eigenvalue weighted by Gasteiger charge is 2.31. The molecule has 2 aliphatic rings. The first-order chi connectivity index (χ1) is 14.6. The molecule has 6 heteroatoms. The van der Waals surface area contributed by atoms with Crippen molar-refractivity contribution < 1.29 is 14.3 Å². The number of β-amino-alcohol motifs (C(OH)–C–C–N with tert-alkyl or cyclic N) is 1. The molecule has 0 spiro atoms. The van der Waals surface area contributed by atoms with Crippen molar-refractivity contribution in [3.05, 3.63) is 59.7 Å². The second-order valence-electron chi connectivity index (χ2n) is 8.67. The summed E-state index contributed by atoms with van der Waals surface area (Å²) in [6.45, 7) is 6.00. The summed E-state index contributed by atoms with van der Waals surface area (Å²) in [7, 11) is 0. The van der Waals surface area contributed by atoms with Crippen LogP contribution in [0.25, 0.3) is 10.9 Å². The first-order valence-corrected chi connectivity index (χ1v) is 10.9. The number of aliphatic hydroxyl groups is 1. The van der Waals surface area contributed by atoms with E-state index in [1.807, 2.05) is 36.2 Å².